The summed E-state index contributed by atoms with van der Waals surface area (Å²) in [5.41, 5.74) is 0.178. The van der Waals surface area contributed by atoms with Crippen LogP contribution >= 0.6 is 0 Å². The molecule has 0 aliphatic carbocycles. The molecule has 4 nitrogen and oxygen atoms in total. The van der Waals surface area contributed by atoms with Crippen LogP contribution < -0.4 is 5.32 Å². The molecule has 1 aromatic heterocycles. The predicted molar refractivity (Wildman–Crippen MR) is 59.1 cm³/mol. The van der Waals surface area contributed by atoms with Crippen LogP contribution in [0.25, 0.3) is 0 Å². The van der Waals surface area contributed by atoms with E-state index in [2.05, 4.69) is 5.32 Å². The first kappa shape index (κ1) is 13.6. The molecule has 0 spiro atoms. The number of rotatable bonds is 6. The van der Waals surface area contributed by atoms with Gasteiger partial charge in [0.2, 0.25) is 0 Å². The summed E-state index contributed by atoms with van der Waals surface area (Å²) in [6.07, 6.45) is -0.493. The van der Waals surface area contributed by atoms with Crippen molar-refractivity contribution in [1.29, 1.82) is 0 Å². The van der Waals surface area contributed by atoms with Crippen LogP contribution in [0.5, 0.6) is 0 Å². The molecular weight excluding hydrogens is 230 g/mol. The fourth-order valence-corrected chi connectivity index (χ4v) is 1.46. The van der Waals surface area contributed by atoms with Crippen molar-refractivity contribution in [2.24, 2.45) is 0 Å². The van der Waals surface area contributed by atoms with E-state index in [4.69, 9.17) is 5.11 Å². The third kappa shape index (κ3) is 3.81. The highest BCUT2D eigenvalue weighted by molar-refractivity contribution is 5.92. The largest absolute Gasteiger partial charge is 0.394 e. The van der Waals surface area contributed by atoms with Crippen LogP contribution in [0.15, 0.2) is 18.3 Å². The highest BCUT2D eigenvalue weighted by Gasteiger charge is 2.16. The first-order valence-electron chi connectivity index (χ1n) is 5.43. The summed E-state index contributed by atoms with van der Waals surface area (Å²) in [5.74, 6) is -0.448. The van der Waals surface area contributed by atoms with Gasteiger partial charge in [0, 0.05) is 6.20 Å². The second kappa shape index (κ2) is 6.34. The Morgan fingerprint density at radius 2 is 2.29 bits per heavy atom. The highest BCUT2D eigenvalue weighted by atomic mass is 19.3. The Morgan fingerprint density at radius 3 is 2.82 bits per heavy atom. The highest BCUT2D eigenvalue weighted by Crippen LogP contribution is 2.07. The van der Waals surface area contributed by atoms with Gasteiger partial charge < -0.3 is 15.0 Å². The molecule has 1 heterocycles. The maximum atomic E-state index is 12.2. The van der Waals surface area contributed by atoms with Crippen LogP contribution in [-0.4, -0.2) is 34.7 Å². The Bertz CT molecular complexity index is 362. The molecule has 0 aliphatic rings. The van der Waals surface area contributed by atoms with Crippen molar-refractivity contribution in [2.75, 3.05) is 6.61 Å². The summed E-state index contributed by atoms with van der Waals surface area (Å²) in [6.45, 7) is 1.14. The normalized spacial score (nSPS) is 12.8. The van der Waals surface area contributed by atoms with E-state index < -0.39 is 18.9 Å². The Hall–Kier alpha value is -1.43. The smallest absolute Gasteiger partial charge is 0.268 e. The molecular formula is C11H16F2N2O2. The van der Waals surface area contributed by atoms with Crippen molar-refractivity contribution in [2.45, 2.75) is 32.4 Å². The molecule has 96 valence electrons. The zero-order valence-electron chi connectivity index (χ0n) is 9.57. The zero-order chi connectivity index (χ0) is 12.8. The zero-order valence-corrected chi connectivity index (χ0v) is 9.57. The number of nitrogens with one attached hydrogen (secondary N) is 1. The van der Waals surface area contributed by atoms with E-state index in [1.807, 2.05) is 6.92 Å². The summed E-state index contributed by atoms with van der Waals surface area (Å²) in [7, 11) is 0. The lowest BCUT2D eigenvalue weighted by molar-refractivity contribution is 0.0893. The van der Waals surface area contributed by atoms with E-state index >= 15 is 0 Å². The lowest BCUT2D eigenvalue weighted by atomic mass is 10.2. The van der Waals surface area contributed by atoms with Gasteiger partial charge in [-0.1, -0.05) is 6.92 Å². The van der Waals surface area contributed by atoms with Crippen LogP contribution in [0.1, 0.15) is 23.8 Å². The predicted octanol–water partition coefficient (Wildman–Crippen LogP) is 1.25. The molecule has 0 fully saturated rings. The van der Waals surface area contributed by atoms with Crippen molar-refractivity contribution in [1.82, 2.24) is 9.88 Å². The number of halogens is 2. The van der Waals surface area contributed by atoms with E-state index in [1.54, 1.807) is 0 Å². The van der Waals surface area contributed by atoms with Gasteiger partial charge in [0.05, 0.1) is 19.2 Å². The van der Waals surface area contributed by atoms with Crippen molar-refractivity contribution in [3.05, 3.63) is 24.0 Å². The number of hydrogen-bond acceptors (Lipinski definition) is 2. The molecule has 17 heavy (non-hydrogen) atoms. The quantitative estimate of drug-likeness (QED) is 0.793. The van der Waals surface area contributed by atoms with Gasteiger partial charge in [0.1, 0.15) is 5.69 Å². The Balaban J connectivity index is 2.71. The first-order valence-corrected chi connectivity index (χ1v) is 5.43. The standard InChI is InChI=1S/C11H16F2N2O2/c1-2-8(7-16)14-11(17)9-4-3-5-15(9)6-10(12)13/h3-5,8,10,16H,2,6-7H2,1H3,(H,14,17). The number of aliphatic hydroxyl groups is 1. The summed E-state index contributed by atoms with van der Waals surface area (Å²) in [5, 5.41) is 11.5. The molecule has 1 atom stereocenters. The summed E-state index contributed by atoms with van der Waals surface area (Å²) in [4.78, 5) is 11.7. The molecule has 0 bridgehead atoms. The van der Waals surface area contributed by atoms with Gasteiger partial charge in [0.25, 0.3) is 12.3 Å². The molecule has 2 N–H and O–H groups in total. The van der Waals surface area contributed by atoms with Crippen LogP contribution in [0, 0.1) is 0 Å². The maximum absolute atomic E-state index is 12.2. The number of carbonyl (C=O) groups is 1. The SMILES string of the molecule is CCC(CO)NC(=O)c1cccn1CC(F)F. The van der Waals surface area contributed by atoms with E-state index in [1.165, 1.54) is 22.9 Å². The van der Waals surface area contributed by atoms with Crippen molar-refractivity contribution in [3.63, 3.8) is 0 Å². The number of amides is 1. The monoisotopic (exact) mass is 246 g/mol. The van der Waals surface area contributed by atoms with Gasteiger partial charge in [-0.25, -0.2) is 8.78 Å². The number of aromatic nitrogens is 1. The molecule has 0 saturated carbocycles. The minimum Gasteiger partial charge on any atom is -0.394 e. The second-order valence-electron chi connectivity index (χ2n) is 3.70. The van der Waals surface area contributed by atoms with Crippen molar-refractivity contribution >= 4 is 5.91 Å². The summed E-state index contributed by atoms with van der Waals surface area (Å²) in [6, 6.07) is 2.66. The molecule has 1 amide bonds. The number of carbonyl (C=O) groups excluding carboxylic acids is 1. The van der Waals surface area contributed by atoms with E-state index in [0.717, 1.165) is 0 Å². The van der Waals surface area contributed by atoms with Gasteiger partial charge in [-0.15, -0.1) is 0 Å². The first-order chi connectivity index (χ1) is 8.08. The van der Waals surface area contributed by atoms with Gasteiger partial charge in [-0.05, 0) is 18.6 Å². The fourth-order valence-electron chi connectivity index (χ4n) is 1.46. The van der Waals surface area contributed by atoms with Crippen LogP contribution in [-0.2, 0) is 6.54 Å². The maximum Gasteiger partial charge on any atom is 0.268 e. The van der Waals surface area contributed by atoms with Crippen LogP contribution in [0.4, 0.5) is 8.78 Å². The van der Waals surface area contributed by atoms with E-state index in [-0.39, 0.29) is 18.3 Å². The van der Waals surface area contributed by atoms with Crippen molar-refractivity contribution < 1.29 is 18.7 Å². The summed E-state index contributed by atoms with van der Waals surface area (Å²) >= 11 is 0. The summed E-state index contributed by atoms with van der Waals surface area (Å²) < 4.78 is 25.7. The molecule has 0 radical (unpaired) electrons. The minimum atomic E-state index is -2.51. The Kier molecular flexibility index (Phi) is 5.09. The third-order valence-electron chi connectivity index (χ3n) is 2.45. The van der Waals surface area contributed by atoms with Crippen molar-refractivity contribution in [3.8, 4) is 0 Å². The lowest BCUT2D eigenvalue weighted by Gasteiger charge is -2.15. The minimum absolute atomic E-state index is 0.169. The number of nitrogens with zero attached hydrogens (tertiary/aromatic N) is 1. The second-order valence-corrected chi connectivity index (χ2v) is 3.70. The third-order valence-corrected chi connectivity index (χ3v) is 2.45. The van der Waals surface area contributed by atoms with Crippen LogP contribution in [0.3, 0.4) is 0 Å². The molecule has 1 aromatic rings. The van der Waals surface area contributed by atoms with Crippen LogP contribution in [0.2, 0.25) is 0 Å². The topological polar surface area (TPSA) is 54.3 Å². The molecule has 6 heteroatoms. The van der Waals surface area contributed by atoms with E-state index in [9.17, 15) is 13.6 Å². The fraction of sp³-hybridized carbons (Fsp3) is 0.545. The average molecular weight is 246 g/mol. The average Bonchev–Trinajstić information content (AvgIpc) is 2.72. The van der Waals surface area contributed by atoms with Gasteiger partial charge in [0.15, 0.2) is 0 Å². The van der Waals surface area contributed by atoms with Gasteiger partial charge >= 0.3 is 0 Å². The molecule has 1 rings (SSSR count). The molecule has 0 saturated heterocycles. The molecule has 0 aromatic carbocycles. The number of hydrogen-bond donors (Lipinski definition) is 2. The van der Waals surface area contributed by atoms with Gasteiger partial charge in [-0.3, -0.25) is 4.79 Å². The Morgan fingerprint density at radius 1 is 1.59 bits per heavy atom. The molecule has 1 unspecified atom stereocenters. The molecule has 0 aliphatic heterocycles. The number of alkyl halides is 2. The lowest BCUT2D eigenvalue weighted by Crippen LogP contribution is -2.38. The number of aliphatic hydroxyl groups excluding tert-OH is 1. The Labute approximate surface area is 98.2 Å². The van der Waals surface area contributed by atoms with Gasteiger partial charge in [-0.2, -0.15) is 0 Å². The van der Waals surface area contributed by atoms with E-state index in [0.29, 0.717) is 6.42 Å².